The van der Waals surface area contributed by atoms with Gasteiger partial charge in [0.25, 0.3) is 5.91 Å². The zero-order valence-corrected chi connectivity index (χ0v) is 16.5. The van der Waals surface area contributed by atoms with Gasteiger partial charge in [-0.05, 0) is 42.0 Å². The van der Waals surface area contributed by atoms with E-state index in [-0.39, 0.29) is 18.7 Å². The van der Waals surface area contributed by atoms with E-state index in [0.717, 1.165) is 5.56 Å². The van der Waals surface area contributed by atoms with Gasteiger partial charge in [-0.15, -0.1) is 0 Å². The van der Waals surface area contributed by atoms with E-state index < -0.39 is 11.8 Å². The molecule has 0 fully saturated rings. The summed E-state index contributed by atoms with van der Waals surface area (Å²) in [7, 11) is 4.56. The summed E-state index contributed by atoms with van der Waals surface area (Å²) in [6.45, 7) is -0.0892. The summed E-state index contributed by atoms with van der Waals surface area (Å²) >= 11 is 0. The van der Waals surface area contributed by atoms with Crippen LogP contribution in [-0.2, 0) is 4.79 Å². The smallest absolute Gasteiger partial charge is 0.253 e. The molecule has 154 valence electrons. The van der Waals surface area contributed by atoms with Crippen molar-refractivity contribution in [1.29, 1.82) is 0 Å². The highest BCUT2D eigenvalue weighted by molar-refractivity contribution is 6.07. The van der Waals surface area contributed by atoms with Crippen molar-refractivity contribution in [2.45, 2.75) is 0 Å². The number of aliphatic hydroxyl groups excluding tert-OH is 1. The van der Waals surface area contributed by atoms with Crippen molar-refractivity contribution >= 4 is 23.6 Å². The number of hydrogen-bond donors (Lipinski definition) is 3. The maximum absolute atomic E-state index is 12.3. The summed E-state index contributed by atoms with van der Waals surface area (Å²) in [6.07, 6.45) is 2.97. The Balaban J connectivity index is 2.17. The number of anilines is 1. The van der Waals surface area contributed by atoms with Crippen molar-refractivity contribution in [3.05, 3.63) is 53.6 Å². The van der Waals surface area contributed by atoms with E-state index in [1.807, 2.05) is 0 Å². The Hall–Kier alpha value is -3.52. The quantitative estimate of drug-likeness (QED) is 0.557. The maximum Gasteiger partial charge on any atom is 0.253 e. The molecule has 0 aliphatic rings. The minimum absolute atomic E-state index is 0.0998. The zero-order valence-electron chi connectivity index (χ0n) is 16.5. The lowest BCUT2D eigenvalue weighted by Crippen LogP contribution is -2.27. The van der Waals surface area contributed by atoms with Gasteiger partial charge in [0.1, 0.15) is 5.75 Å². The SMILES string of the molecule is COc1ccc(NC(=O)C=Cc2ccc(OC)c(OC)c2)c(C(=O)NCCO)c1. The lowest BCUT2D eigenvalue weighted by Gasteiger charge is -2.12. The summed E-state index contributed by atoms with van der Waals surface area (Å²) in [5.41, 5.74) is 1.29. The van der Waals surface area contributed by atoms with Gasteiger partial charge in [0, 0.05) is 12.6 Å². The fraction of sp³-hybridized carbons (Fsp3) is 0.238. The normalized spacial score (nSPS) is 10.5. The second-order valence-corrected chi connectivity index (χ2v) is 5.83. The lowest BCUT2D eigenvalue weighted by atomic mass is 10.1. The Morgan fingerprint density at radius 2 is 1.76 bits per heavy atom. The molecule has 0 unspecified atom stereocenters. The minimum atomic E-state index is -0.433. The van der Waals surface area contributed by atoms with Crippen LogP contribution >= 0.6 is 0 Å². The van der Waals surface area contributed by atoms with Crippen LogP contribution in [0.25, 0.3) is 6.08 Å². The van der Waals surface area contributed by atoms with Crippen molar-refractivity contribution < 1.29 is 28.9 Å². The summed E-state index contributed by atoms with van der Waals surface area (Å²) in [5.74, 6) is 0.759. The molecule has 29 heavy (non-hydrogen) atoms. The monoisotopic (exact) mass is 400 g/mol. The number of methoxy groups -OCH3 is 3. The molecule has 0 bridgehead atoms. The number of amides is 2. The predicted octanol–water partition coefficient (Wildman–Crippen LogP) is 2.09. The number of carbonyl (C=O) groups excluding carboxylic acids is 2. The molecule has 0 spiro atoms. The fourth-order valence-corrected chi connectivity index (χ4v) is 2.51. The van der Waals surface area contributed by atoms with E-state index in [9.17, 15) is 9.59 Å². The van der Waals surface area contributed by atoms with Crippen LogP contribution in [0.15, 0.2) is 42.5 Å². The summed E-state index contributed by atoms with van der Waals surface area (Å²) in [6, 6.07) is 9.99. The molecule has 0 radical (unpaired) electrons. The van der Waals surface area contributed by atoms with E-state index in [2.05, 4.69) is 10.6 Å². The van der Waals surface area contributed by atoms with Gasteiger partial charge >= 0.3 is 0 Å². The van der Waals surface area contributed by atoms with Crippen LogP contribution in [0.1, 0.15) is 15.9 Å². The number of hydrogen-bond acceptors (Lipinski definition) is 6. The summed E-state index contributed by atoms with van der Waals surface area (Å²) in [4.78, 5) is 24.7. The molecule has 2 aromatic rings. The number of benzene rings is 2. The van der Waals surface area contributed by atoms with E-state index in [1.165, 1.54) is 26.4 Å². The molecular formula is C21H24N2O6. The molecule has 0 aliphatic heterocycles. The number of aliphatic hydroxyl groups is 1. The van der Waals surface area contributed by atoms with Gasteiger partial charge in [-0.3, -0.25) is 9.59 Å². The van der Waals surface area contributed by atoms with E-state index in [4.69, 9.17) is 19.3 Å². The van der Waals surface area contributed by atoms with E-state index in [1.54, 1.807) is 43.5 Å². The number of rotatable bonds is 9. The highest BCUT2D eigenvalue weighted by Gasteiger charge is 2.14. The van der Waals surface area contributed by atoms with Crippen molar-refractivity contribution in [3.63, 3.8) is 0 Å². The Morgan fingerprint density at radius 3 is 2.41 bits per heavy atom. The van der Waals surface area contributed by atoms with Crippen molar-refractivity contribution in [3.8, 4) is 17.2 Å². The van der Waals surface area contributed by atoms with E-state index >= 15 is 0 Å². The van der Waals surface area contributed by atoms with Crippen LogP contribution in [0.3, 0.4) is 0 Å². The van der Waals surface area contributed by atoms with Gasteiger partial charge in [-0.2, -0.15) is 0 Å². The third kappa shape index (κ3) is 5.98. The van der Waals surface area contributed by atoms with Gasteiger partial charge in [0.2, 0.25) is 5.91 Å². The molecule has 0 aliphatic carbocycles. The largest absolute Gasteiger partial charge is 0.497 e. The van der Waals surface area contributed by atoms with Gasteiger partial charge in [0.15, 0.2) is 11.5 Å². The highest BCUT2D eigenvalue weighted by Crippen LogP contribution is 2.28. The van der Waals surface area contributed by atoms with Crippen LogP contribution in [0.4, 0.5) is 5.69 Å². The third-order valence-electron chi connectivity index (χ3n) is 3.96. The van der Waals surface area contributed by atoms with Gasteiger partial charge < -0.3 is 30.0 Å². The Bertz CT molecular complexity index is 895. The van der Waals surface area contributed by atoms with Gasteiger partial charge in [0.05, 0.1) is 39.2 Å². The average Bonchev–Trinajstić information content (AvgIpc) is 2.75. The molecule has 0 aromatic heterocycles. The molecule has 2 amide bonds. The van der Waals surface area contributed by atoms with Crippen molar-refractivity contribution in [2.75, 3.05) is 39.8 Å². The predicted molar refractivity (Wildman–Crippen MR) is 110 cm³/mol. The zero-order chi connectivity index (χ0) is 21.2. The van der Waals surface area contributed by atoms with Gasteiger partial charge in [-0.25, -0.2) is 0 Å². The lowest BCUT2D eigenvalue weighted by molar-refractivity contribution is -0.111. The summed E-state index contributed by atoms with van der Waals surface area (Å²) < 4.78 is 15.6. The first kappa shape index (κ1) is 21.8. The standard InChI is InChI=1S/C21H24N2O6/c1-27-15-6-7-17(16(13-15)21(26)22-10-11-24)23-20(25)9-5-14-4-8-18(28-2)19(12-14)29-3/h4-9,12-13,24H,10-11H2,1-3H3,(H,22,26)(H,23,25). The number of carbonyl (C=O) groups is 2. The fourth-order valence-electron chi connectivity index (χ4n) is 2.51. The molecule has 0 saturated carbocycles. The van der Waals surface area contributed by atoms with Crippen LogP contribution in [0, 0.1) is 0 Å². The first-order chi connectivity index (χ1) is 14.0. The molecule has 2 rings (SSSR count). The van der Waals surface area contributed by atoms with Gasteiger partial charge in [-0.1, -0.05) is 6.07 Å². The molecule has 8 nitrogen and oxygen atoms in total. The topological polar surface area (TPSA) is 106 Å². The van der Waals surface area contributed by atoms with Crippen LogP contribution in [0.2, 0.25) is 0 Å². The molecule has 3 N–H and O–H groups in total. The highest BCUT2D eigenvalue weighted by atomic mass is 16.5. The second kappa shape index (κ2) is 10.7. The maximum atomic E-state index is 12.3. The minimum Gasteiger partial charge on any atom is -0.497 e. The van der Waals surface area contributed by atoms with Crippen LogP contribution < -0.4 is 24.8 Å². The Morgan fingerprint density at radius 1 is 1.00 bits per heavy atom. The molecule has 8 heteroatoms. The van der Waals surface area contributed by atoms with Crippen LogP contribution in [0.5, 0.6) is 17.2 Å². The second-order valence-electron chi connectivity index (χ2n) is 5.83. The molecule has 0 atom stereocenters. The van der Waals surface area contributed by atoms with Crippen molar-refractivity contribution in [2.24, 2.45) is 0 Å². The molecule has 2 aromatic carbocycles. The number of ether oxygens (including phenoxy) is 3. The Kier molecular flexibility index (Phi) is 8.05. The molecule has 0 saturated heterocycles. The molecule has 0 heterocycles. The average molecular weight is 400 g/mol. The summed E-state index contributed by atoms with van der Waals surface area (Å²) in [5, 5.41) is 14.1. The number of nitrogens with one attached hydrogen (secondary N) is 2. The van der Waals surface area contributed by atoms with Crippen molar-refractivity contribution in [1.82, 2.24) is 5.32 Å². The Labute approximate surface area is 169 Å². The molecular weight excluding hydrogens is 376 g/mol. The first-order valence-electron chi connectivity index (χ1n) is 8.80. The first-order valence-corrected chi connectivity index (χ1v) is 8.80. The third-order valence-corrected chi connectivity index (χ3v) is 3.96. The van der Waals surface area contributed by atoms with Crippen LogP contribution in [-0.4, -0.2) is 51.4 Å². The van der Waals surface area contributed by atoms with E-state index in [0.29, 0.717) is 22.9 Å².